The van der Waals surface area contributed by atoms with Crippen molar-refractivity contribution in [1.82, 2.24) is 9.88 Å². The zero-order chi connectivity index (χ0) is 15.0. The fraction of sp³-hybridized carbons (Fsp3) is 0.588. The number of benzene rings is 1. The number of rotatable bonds is 3. The van der Waals surface area contributed by atoms with E-state index in [1.54, 1.807) is 0 Å². The van der Waals surface area contributed by atoms with E-state index in [9.17, 15) is 0 Å². The molecule has 4 nitrogen and oxygen atoms in total. The van der Waals surface area contributed by atoms with Crippen LogP contribution in [0.2, 0.25) is 0 Å². The maximum Gasteiger partial charge on any atom is 0.198 e. The normalized spacial score (nSPS) is 19.2. The number of likely N-dealkylation sites (tertiary alicyclic amines) is 1. The van der Waals surface area contributed by atoms with Gasteiger partial charge < -0.3 is 10.2 Å². The second-order valence-electron chi connectivity index (χ2n) is 6.38. The first-order valence-electron chi connectivity index (χ1n) is 7.90. The largest absolute Gasteiger partial charge is 0.440 e. The molecule has 0 aliphatic carbocycles. The molecule has 3 rings (SSSR count). The highest BCUT2D eigenvalue weighted by molar-refractivity contribution is 5.77. The number of aryl methyl sites for hydroxylation is 2. The standard InChI is InChI=1S/C17H25N3O/c1-11-8-12(2)16-15(9-11)19-17(21-16)14-4-6-20(7-5-14)13(3)10-18/h8-9,13-14H,4-7,10,18H2,1-3H3. The lowest BCUT2D eigenvalue weighted by Gasteiger charge is -2.34. The van der Waals surface area contributed by atoms with Crippen LogP contribution in [0.25, 0.3) is 11.1 Å². The van der Waals surface area contributed by atoms with Crippen LogP contribution in [-0.2, 0) is 0 Å². The van der Waals surface area contributed by atoms with E-state index in [1.165, 1.54) is 11.1 Å². The first kappa shape index (κ1) is 14.5. The van der Waals surface area contributed by atoms with Crippen LogP contribution in [0.3, 0.4) is 0 Å². The van der Waals surface area contributed by atoms with Gasteiger partial charge in [0.05, 0.1) is 0 Å². The predicted molar refractivity (Wildman–Crippen MR) is 85.5 cm³/mol. The van der Waals surface area contributed by atoms with Gasteiger partial charge in [-0.2, -0.15) is 0 Å². The third-order valence-electron chi connectivity index (χ3n) is 4.68. The minimum atomic E-state index is 0.443. The monoisotopic (exact) mass is 287 g/mol. The number of piperidine rings is 1. The highest BCUT2D eigenvalue weighted by Gasteiger charge is 2.26. The summed E-state index contributed by atoms with van der Waals surface area (Å²) in [7, 11) is 0. The van der Waals surface area contributed by atoms with Crippen molar-refractivity contribution in [2.45, 2.75) is 45.6 Å². The number of fused-ring (bicyclic) bond motifs is 1. The summed E-state index contributed by atoms with van der Waals surface area (Å²) < 4.78 is 6.06. The summed E-state index contributed by atoms with van der Waals surface area (Å²) in [6.07, 6.45) is 2.21. The second-order valence-corrected chi connectivity index (χ2v) is 6.38. The van der Waals surface area contributed by atoms with Gasteiger partial charge in [-0.25, -0.2) is 4.98 Å². The summed E-state index contributed by atoms with van der Waals surface area (Å²) in [5.41, 5.74) is 10.1. The molecule has 0 radical (unpaired) electrons. The Labute approximate surface area is 126 Å². The van der Waals surface area contributed by atoms with Gasteiger partial charge in [0.1, 0.15) is 5.52 Å². The molecule has 2 N–H and O–H groups in total. The van der Waals surface area contributed by atoms with E-state index in [0.717, 1.165) is 49.5 Å². The molecule has 114 valence electrons. The van der Waals surface area contributed by atoms with Crippen LogP contribution in [0.4, 0.5) is 0 Å². The maximum atomic E-state index is 6.06. The molecule has 1 atom stereocenters. The third-order valence-corrected chi connectivity index (χ3v) is 4.68. The highest BCUT2D eigenvalue weighted by Crippen LogP contribution is 2.31. The Morgan fingerprint density at radius 1 is 1.33 bits per heavy atom. The molecule has 1 aromatic carbocycles. The summed E-state index contributed by atoms with van der Waals surface area (Å²) in [6.45, 7) is 9.29. The first-order chi connectivity index (χ1) is 10.1. The lowest BCUT2D eigenvalue weighted by Crippen LogP contribution is -2.43. The minimum Gasteiger partial charge on any atom is -0.440 e. The topological polar surface area (TPSA) is 55.3 Å². The van der Waals surface area contributed by atoms with Gasteiger partial charge in [0.25, 0.3) is 0 Å². The van der Waals surface area contributed by atoms with Crippen molar-refractivity contribution in [2.75, 3.05) is 19.6 Å². The van der Waals surface area contributed by atoms with Crippen LogP contribution in [0.1, 0.15) is 42.7 Å². The van der Waals surface area contributed by atoms with Gasteiger partial charge in [0.15, 0.2) is 11.5 Å². The van der Waals surface area contributed by atoms with Crippen molar-refractivity contribution in [2.24, 2.45) is 5.73 Å². The second kappa shape index (κ2) is 5.78. The van der Waals surface area contributed by atoms with Crippen molar-refractivity contribution < 1.29 is 4.42 Å². The van der Waals surface area contributed by atoms with Crippen LogP contribution >= 0.6 is 0 Å². The average Bonchev–Trinajstić information content (AvgIpc) is 2.91. The van der Waals surface area contributed by atoms with Gasteiger partial charge in [0.2, 0.25) is 0 Å². The zero-order valence-corrected chi connectivity index (χ0v) is 13.2. The Hall–Kier alpha value is -1.39. The van der Waals surface area contributed by atoms with Gasteiger partial charge in [-0.3, -0.25) is 4.90 Å². The number of nitrogens with two attached hydrogens (primary N) is 1. The fourth-order valence-electron chi connectivity index (χ4n) is 3.30. The summed E-state index contributed by atoms with van der Waals surface area (Å²) in [5.74, 6) is 1.36. The lowest BCUT2D eigenvalue weighted by molar-refractivity contribution is 0.158. The average molecular weight is 287 g/mol. The van der Waals surface area contributed by atoms with Crippen molar-refractivity contribution in [3.8, 4) is 0 Å². The van der Waals surface area contributed by atoms with Crippen LogP contribution in [0, 0.1) is 13.8 Å². The molecule has 1 aliphatic heterocycles. The van der Waals surface area contributed by atoms with Gasteiger partial charge in [-0.05, 0) is 63.9 Å². The molecular formula is C17H25N3O. The SMILES string of the molecule is Cc1cc(C)c2oc(C3CCN(C(C)CN)CC3)nc2c1. The van der Waals surface area contributed by atoms with Crippen molar-refractivity contribution in [3.63, 3.8) is 0 Å². The first-order valence-corrected chi connectivity index (χ1v) is 7.90. The van der Waals surface area contributed by atoms with Crippen LogP contribution in [0.5, 0.6) is 0 Å². The molecule has 4 heteroatoms. The summed E-state index contributed by atoms with van der Waals surface area (Å²) in [5, 5.41) is 0. The highest BCUT2D eigenvalue weighted by atomic mass is 16.3. The number of oxazole rings is 1. The quantitative estimate of drug-likeness (QED) is 0.943. The fourth-order valence-corrected chi connectivity index (χ4v) is 3.30. The van der Waals surface area contributed by atoms with E-state index in [2.05, 4.69) is 37.8 Å². The van der Waals surface area contributed by atoms with Gasteiger partial charge in [-0.15, -0.1) is 0 Å². The van der Waals surface area contributed by atoms with E-state index in [1.807, 2.05) is 0 Å². The molecule has 0 spiro atoms. The molecule has 0 saturated carbocycles. The Kier molecular flexibility index (Phi) is 4.00. The molecular weight excluding hydrogens is 262 g/mol. The summed E-state index contributed by atoms with van der Waals surface area (Å²) in [4.78, 5) is 7.21. The summed E-state index contributed by atoms with van der Waals surface area (Å²) >= 11 is 0. The molecule has 1 fully saturated rings. The van der Waals surface area contributed by atoms with E-state index in [-0.39, 0.29) is 0 Å². The van der Waals surface area contributed by atoms with Crippen LogP contribution in [0.15, 0.2) is 16.5 Å². The van der Waals surface area contributed by atoms with E-state index in [4.69, 9.17) is 15.1 Å². The molecule has 1 aromatic heterocycles. The van der Waals surface area contributed by atoms with Crippen molar-refractivity contribution in [1.29, 1.82) is 0 Å². The molecule has 2 aromatic rings. The number of hydrogen-bond acceptors (Lipinski definition) is 4. The number of nitrogens with zero attached hydrogens (tertiary/aromatic N) is 2. The summed E-state index contributed by atoms with van der Waals surface area (Å²) in [6, 6.07) is 4.74. The molecule has 21 heavy (non-hydrogen) atoms. The predicted octanol–water partition coefficient (Wildman–Crippen LogP) is 2.97. The van der Waals surface area contributed by atoms with Crippen molar-refractivity contribution >= 4 is 11.1 Å². The Morgan fingerprint density at radius 3 is 2.71 bits per heavy atom. The van der Waals surface area contributed by atoms with Gasteiger partial charge in [-0.1, -0.05) is 6.07 Å². The Balaban J connectivity index is 1.78. The minimum absolute atomic E-state index is 0.443. The Morgan fingerprint density at radius 2 is 2.05 bits per heavy atom. The third kappa shape index (κ3) is 2.83. The van der Waals surface area contributed by atoms with Crippen molar-refractivity contribution in [3.05, 3.63) is 29.2 Å². The number of aromatic nitrogens is 1. The maximum absolute atomic E-state index is 6.06. The molecule has 0 amide bonds. The van der Waals surface area contributed by atoms with Crippen LogP contribution in [-0.4, -0.2) is 35.6 Å². The molecule has 2 heterocycles. The van der Waals surface area contributed by atoms with Gasteiger partial charge >= 0.3 is 0 Å². The molecule has 0 bridgehead atoms. The van der Waals surface area contributed by atoms with Gasteiger partial charge in [0, 0.05) is 18.5 Å². The van der Waals surface area contributed by atoms with Crippen LogP contribution < -0.4 is 5.73 Å². The van der Waals surface area contributed by atoms with E-state index in [0.29, 0.717) is 12.0 Å². The lowest BCUT2D eigenvalue weighted by atomic mass is 9.96. The van der Waals surface area contributed by atoms with E-state index >= 15 is 0 Å². The Bertz CT molecular complexity index is 626. The molecule has 1 unspecified atom stereocenters. The van der Waals surface area contributed by atoms with E-state index < -0.39 is 0 Å². The molecule has 1 aliphatic rings. The smallest absolute Gasteiger partial charge is 0.198 e. The molecule has 1 saturated heterocycles. The zero-order valence-electron chi connectivity index (χ0n) is 13.2. The number of hydrogen-bond donors (Lipinski definition) is 1.